The largest absolute Gasteiger partial charge is 0.506 e. The van der Waals surface area contributed by atoms with E-state index in [0.717, 1.165) is 16.7 Å². The van der Waals surface area contributed by atoms with Crippen LogP contribution >= 0.6 is 0 Å². The van der Waals surface area contributed by atoms with Gasteiger partial charge in [0.15, 0.2) is 0 Å². The summed E-state index contributed by atoms with van der Waals surface area (Å²) >= 11 is 0. The number of para-hydroxylation sites is 1. The molecule has 1 atom stereocenters. The Morgan fingerprint density at radius 1 is 0.894 bits per heavy atom. The standard InChI is InChI=1S/C36H39N5O6/c42-24-38-32-20-27(12-15-33(32)43)34(44)22-37-21-25-10-13-28(14-11-25)39-35(45)23-41-18-16-29(17-19-41)47-36(46)40-31-9-5-4-8-30(31)26-6-2-1-3-7-26/h1-15,20,24,29,34,37,43-44H,16-19,21-23H2,(H,38,42)(H,39,45)(H,40,46). The summed E-state index contributed by atoms with van der Waals surface area (Å²) in [5.41, 5.74) is 5.06. The van der Waals surface area contributed by atoms with Gasteiger partial charge in [-0.2, -0.15) is 0 Å². The minimum Gasteiger partial charge on any atom is -0.506 e. The Morgan fingerprint density at radius 2 is 1.62 bits per heavy atom. The highest BCUT2D eigenvalue weighted by molar-refractivity contribution is 5.92. The van der Waals surface area contributed by atoms with E-state index in [9.17, 15) is 24.6 Å². The van der Waals surface area contributed by atoms with Crippen molar-refractivity contribution in [2.75, 3.05) is 42.1 Å². The number of likely N-dealkylation sites (tertiary alicyclic amines) is 1. The number of nitrogens with zero attached hydrogens (tertiary/aromatic N) is 1. The first-order valence-electron chi connectivity index (χ1n) is 15.5. The monoisotopic (exact) mass is 637 g/mol. The van der Waals surface area contributed by atoms with Crippen LogP contribution in [0, 0.1) is 0 Å². The minimum absolute atomic E-state index is 0.0777. The molecule has 0 aromatic heterocycles. The number of anilines is 3. The Balaban J connectivity index is 1.00. The highest BCUT2D eigenvalue weighted by atomic mass is 16.6. The summed E-state index contributed by atoms with van der Waals surface area (Å²) in [5.74, 6) is -0.197. The van der Waals surface area contributed by atoms with Crippen LogP contribution in [0.4, 0.5) is 21.9 Å². The second-order valence-corrected chi connectivity index (χ2v) is 11.3. The molecule has 4 aromatic rings. The number of carbonyl (C=O) groups is 3. The Morgan fingerprint density at radius 3 is 2.36 bits per heavy atom. The van der Waals surface area contributed by atoms with Gasteiger partial charge in [-0.15, -0.1) is 0 Å². The Labute approximate surface area is 273 Å². The number of rotatable bonds is 13. The van der Waals surface area contributed by atoms with Gasteiger partial charge in [-0.1, -0.05) is 66.7 Å². The van der Waals surface area contributed by atoms with Crippen molar-refractivity contribution in [2.24, 2.45) is 0 Å². The van der Waals surface area contributed by atoms with Crippen molar-refractivity contribution >= 4 is 35.5 Å². The Bertz CT molecular complexity index is 1640. The number of carbonyl (C=O) groups excluding carboxylic acids is 3. The lowest BCUT2D eigenvalue weighted by molar-refractivity contribution is -0.117. The van der Waals surface area contributed by atoms with Crippen molar-refractivity contribution < 1.29 is 29.3 Å². The van der Waals surface area contributed by atoms with E-state index >= 15 is 0 Å². The van der Waals surface area contributed by atoms with Crippen LogP contribution in [0.2, 0.25) is 0 Å². The van der Waals surface area contributed by atoms with Crippen molar-refractivity contribution in [3.05, 3.63) is 108 Å². The van der Waals surface area contributed by atoms with Crippen LogP contribution < -0.4 is 21.3 Å². The molecule has 1 aliphatic heterocycles. The first-order valence-corrected chi connectivity index (χ1v) is 15.5. The maximum absolute atomic E-state index is 12.7. The minimum atomic E-state index is -0.836. The molecule has 6 N–H and O–H groups in total. The molecule has 4 aromatic carbocycles. The number of nitrogens with one attached hydrogen (secondary N) is 4. The fourth-order valence-corrected chi connectivity index (χ4v) is 5.46. The molecule has 3 amide bonds. The summed E-state index contributed by atoms with van der Waals surface area (Å²) in [5, 5.41) is 31.7. The second kappa shape index (κ2) is 16.4. The SMILES string of the molecule is O=CNc1cc(C(O)CNCc2ccc(NC(=O)CN3CCC(OC(=O)Nc4ccccc4-c4ccccc4)CC3)cc2)ccc1O. The molecule has 5 rings (SSSR count). The van der Waals surface area contributed by atoms with Crippen molar-refractivity contribution in [2.45, 2.75) is 31.6 Å². The van der Waals surface area contributed by atoms with Gasteiger partial charge in [0.25, 0.3) is 0 Å². The topological polar surface area (TPSA) is 152 Å². The molecule has 0 aliphatic carbocycles. The third kappa shape index (κ3) is 9.63. The van der Waals surface area contributed by atoms with E-state index in [2.05, 4.69) is 21.3 Å². The van der Waals surface area contributed by atoms with Crippen LogP contribution in [0.15, 0.2) is 97.1 Å². The molecule has 1 fully saturated rings. The Hall–Kier alpha value is -5.23. The molecule has 11 nitrogen and oxygen atoms in total. The number of aromatic hydroxyl groups is 1. The average molecular weight is 638 g/mol. The zero-order valence-corrected chi connectivity index (χ0v) is 25.9. The summed E-state index contributed by atoms with van der Waals surface area (Å²) < 4.78 is 5.71. The molecule has 1 heterocycles. The molecule has 1 saturated heterocycles. The van der Waals surface area contributed by atoms with Gasteiger partial charge >= 0.3 is 6.09 Å². The zero-order valence-electron chi connectivity index (χ0n) is 25.9. The number of ether oxygens (including phenoxy) is 1. The van der Waals surface area contributed by atoms with E-state index in [1.54, 1.807) is 6.07 Å². The number of hydrogen-bond donors (Lipinski definition) is 6. The third-order valence-electron chi connectivity index (χ3n) is 7.95. The molecule has 0 spiro atoms. The van der Waals surface area contributed by atoms with Crippen LogP contribution in [0.25, 0.3) is 11.1 Å². The Kier molecular flexibility index (Phi) is 11.5. The summed E-state index contributed by atoms with van der Waals surface area (Å²) in [7, 11) is 0. The number of aliphatic hydroxyl groups excluding tert-OH is 1. The van der Waals surface area contributed by atoms with Gasteiger partial charge in [0.1, 0.15) is 11.9 Å². The van der Waals surface area contributed by atoms with Crippen molar-refractivity contribution in [1.82, 2.24) is 10.2 Å². The molecular weight excluding hydrogens is 598 g/mol. The van der Waals surface area contributed by atoms with Gasteiger partial charge in [-0.25, -0.2) is 4.79 Å². The average Bonchev–Trinajstić information content (AvgIpc) is 3.08. The summed E-state index contributed by atoms with van der Waals surface area (Å²) in [6.45, 7) is 2.28. The predicted molar refractivity (Wildman–Crippen MR) is 181 cm³/mol. The number of aliphatic hydroxyl groups is 1. The molecular formula is C36H39N5O6. The van der Waals surface area contributed by atoms with E-state index in [4.69, 9.17) is 4.74 Å². The van der Waals surface area contributed by atoms with Crippen molar-refractivity contribution in [1.29, 1.82) is 0 Å². The molecule has 11 heteroatoms. The van der Waals surface area contributed by atoms with Gasteiger partial charge in [0.05, 0.1) is 24.0 Å². The number of phenols is 1. The number of benzene rings is 4. The van der Waals surface area contributed by atoms with Crippen LogP contribution in [0.1, 0.15) is 30.1 Å². The van der Waals surface area contributed by atoms with Crippen LogP contribution in [-0.2, 0) is 20.9 Å². The summed E-state index contributed by atoms with van der Waals surface area (Å²) in [6, 6.07) is 29.5. The highest BCUT2D eigenvalue weighted by Crippen LogP contribution is 2.28. The zero-order chi connectivity index (χ0) is 33.0. The smallest absolute Gasteiger partial charge is 0.411 e. The van der Waals surface area contributed by atoms with Crippen molar-refractivity contribution in [3.8, 4) is 16.9 Å². The molecule has 1 unspecified atom stereocenters. The van der Waals surface area contributed by atoms with Crippen LogP contribution in [-0.4, -0.2) is 65.8 Å². The van der Waals surface area contributed by atoms with Crippen LogP contribution in [0.5, 0.6) is 5.75 Å². The summed E-state index contributed by atoms with van der Waals surface area (Å²) in [6.07, 6.45) is 0.198. The number of phenolic OH excluding ortho intramolecular Hbond substituents is 1. The van der Waals surface area contributed by atoms with E-state index < -0.39 is 12.2 Å². The van der Waals surface area contributed by atoms with Gasteiger partial charge in [0, 0.05) is 37.4 Å². The maximum atomic E-state index is 12.7. The molecule has 47 heavy (non-hydrogen) atoms. The number of piperidine rings is 1. The lowest BCUT2D eigenvalue weighted by atomic mass is 10.0. The first kappa shape index (κ1) is 33.1. The van der Waals surface area contributed by atoms with Crippen LogP contribution in [0.3, 0.4) is 0 Å². The summed E-state index contributed by atoms with van der Waals surface area (Å²) in [4.78, 5) is 38.2. The molecule has 244 valence electrons. The molecule has 0 saturated carbocycles. The molecule has 0 bridgehead atoms. The number of amides is 3. The lowest BCUT2D eigenvalue weighted by Gasteiger charge is -2.31. The van der Waals surface area contributed by atoms with Gasteiger partial charge in [0.2, 0.25) is 12.3 Å². The highest BCUT2D eigenvalue weighted by Gasteiger charge is 2.24. The lowest BCUT2D eigenvalue weighted by Crippen LogP contribution is -2.42. The molecule has 0 radical (unpaired) electrons. The number of hydrogen-bond acceptors (Lipinski definition) is 8. The second-order valence-electron chi connectivity index (χ2n) is 11.3. The molecule has 1 aliphatic rings. The predicted octanol–water partition coefficient (Wildman–Crippen LogP) is 5.10. The van der Waals surface area contributed by atoms with E-state index in [0.29, 0.717) is 55.8 Å². The fourth-order valence-electron chi connectivity index (χ4n) is 5.46. The van der Waals surface area contributed by atoms with Crippen molar-refractivity contribution in [3.63, 3.8) is 0 Å². The quantitative estimate of drug-likeness (QED) is 0.0875. The van der Waals surface area contributed by atoms with Gasteiger partial charge in [-0.05, 0) is 59.9 Å². The normalized spacial score (nSPS) is 14.1. The first-order chi connectivity index (χ1) is 22.9. The fraction of sp³-hybridized carbons (Fsp3) is 0.250. The van der Waals surface area contributed by atoms with Gasteiger partial charge < -0.3 is 30.9 Å². The third-order valence-corrected chi connectivity index (χ3v) is 7.95. The van der Waals surface area contributed by atoms with E-state index in [-0.39, 0.29) is 36.5 Å². The maximum Gasteiger partial charge on any atom is 0.411 e. The van der Waals surface area contributed by atoms with E-state index in [1.807, 2.05) is 83.8 Å². The van der Waals surface area contributed by atoms with Gasteiger partial charge in [-0.3, -0.25) is 19.8 Å². The van der Waals surface area contributed by atoms with E-state index in [1.165, 1.54) is 12.1 Å².